The zero-order valence-corrected chi connectivity index (χ0v) is 14.2. The molecule has 12 heteroatoms. The SMILES string of the molecule is COCCN1CCOB1c1cc(OC)c(C(=O)NOF)c(OC(F)F)c1. The van der Waals surface area contributed by atoms with Gasteiger partial charge in [-0.05, 0) is 22.1 Å². The number of nitrogens with one attached hydrogen (secondary N) is 1. The van der Waals surface area contributed by atoms with Crippen LogP contribution in [-0.2, 0) is 14.4 Å². The van der Waals surface area contributed by atoms with Crippen LogP contribution in [0.2, 0.25) is 0 Å². The van der Waals surface area contributed by atoms with Crippen molar-refractivity contribution in [3.05, 3.63) is 17.7 Å². The van der Waals surface area contributed by atoms with E-state index in [4.69, 9.17) is 14.1 Å². The summed E-state index contributed by atoms with van der Waals surface area (Å²) in [6, 6.07) is 2.65. The molecule has 0 atom stereocenters. The first-order chi connectivity index (χ1) is 12.5. The third-order valence-electron chi connectivity index (χ3n) is 3.74. The lowest BCUT2D eigenvalue weighted by molar-refractivity contribution is -0.176. The van der Waals surface area contributed by atoms with Crippen molar-refractivity contribution in [3.63, 3.8) is 0 Å². The van der Waals surface area contributed by atoms with Gasteiger partial charge in [0.05, 0.1) is 13.7 Å². The van der Waals surface area contributed by atoms with Crippen LogP contribution in [0.5, 0.6) is 11.5 Å². The number of rotatable bonds is 9. The Kier molecular flexibility index (Phi) is 7.51. The van der Waals surface area contributed by atoms with Gasteiger partial charge in [0.25, 0.3) is 5.91 Å². The van der Waals surface area contributed by atoms with Crippen molar-refractivity contribution in [2.24, 2.45) is 0 Å². The summed E-state index contributed by atoms with van der Waals surface area (Å²) in [6.45, 7) is -1.17. The monoisotopic (exact) mass is 378 g/mol. The Balaban J connectivity index is 2.43. The summed E-state index contributed by atoms with van der Waals surface area (Å²) in [4.78, 5) is 13.9. The van der Waals surface area contributed by atoms with Crippen molar-refractivity contribution in [2.75, 3.05) is 40.5 Å². The number of benzene rings is 1. The second-order valence-electron chi connectivity index (χ2n) is 5.24. The number of carbonyl (C=O) groups excluding carboxylic acids is 1. The molecule has 1 aromatic rings. The van der Waals surface area contributed by atoms with Gasteiger partial charge >= 0.3 is 13.7 Å². The summed E-state index contributed by atoms with van der Waals surface area (Å²) in [7, 11) is 2.23. The molecule has 0 radical (unpaired) electrons. The van der Waals surface area contributed by atoms with Gasteiger partial charge in [0, 0.05) is 26.8 Å². The largest absolute Gasteiger partial charge is 0.496 e. The van der Waals surface area contributed by atoms with E-state index in [0.717, 1.165) is 0 Å². The van der Waals surface area contributed by atoms with Gasteiger partial charge in [0.15, 0.2) is 0 Å². The summed E-state index contributed by atoms with van der Waals surface area (Å²) in [5, 5.41) is 3.06. The molecule has 1 saturated heterocycles. The molecular weight excluding hydrogens is 360 g/mol. The third-order valence-corrected chi connectivity index (χ3v) is 3.74. The van der Waals surface area contributed by atoms with Crippen LogP contribution < -0.4 is 20.4 Å². The van der Waals surface area contributed by atoms with Crippen molar-refractivity contribution >= 4 is 18.4 Å². The normalized spacial score (nSPS) is 14.8. The maximum absolute atomic E-state index is 12.8. The fraction of sp³-hybridized carbons (Fsp3) is 0.500. The summed E-state index contributed by atoms with van der Waals surface area (Å²) < 4.78 is 57.7. The molecule has 1 N–H and O–H groups in total. The molecule has 26 heavy (non-hydrogen) atoms. The van der Waals surface area contributed by atoms with Crippen LogP contribution in [0.1, 0.15) is 10.4 Å². The van der Waals surface area contributed by atoms with Crippen LogP contribution in [0.15, 0.2) is 12.1 Å². The predicted octanol–water partition coefficient (Wildman–Crippen LogP) is 0.516. The molecular formula is C14H18BF3N2O6. The summed E-state index contributed by atoms with van der Waals surface area (Å²) in [5.41, 5.74) is 1.41. The minimum Gasteiger partial charge on any atom is -0.496 e. The first-order valence-corrected chi connectivity index (χ1v) is 7.61. The Morgan fingerprint density at radius 1 is 1.38 bits per heavy atom. The number of hydrogen-bond donors (Lipinski definition) is 1. The van der Waals surface area contributed by atoms with E-state index in [1.54, 1.807) is 7.11 Å². The molecule has 1 aromatic carbocycles. The molecule has 0 bridgehead atoms. The van der Waals surface area contributed by atoms with E-state index in [9.17, 15) is 18.1 Å². The van der Waals surface area contributed by atoms with Gasteiger partial charge in [-0.1, -0.05) is 5.04 Å². The zero-order valence-electron chi connectivity index (χ0n) is 14.2. The first kappa shape index (κ1) is 20.3. The number of methoxy groups -OCH3 is 2. The van der Waals surface area contributed by atoms with Gasteiger partial charge in [0.2, 0.25) is 0 Å². The van der Waals surface area contributed by atoms with Crippen molar-refractivity contribution in [1.29, 1.82) is 0 Å². The maximum Gasteiger partial charge on any atom is 0.419 e. The average molecular weight is 378 g/mol. The Morgan fingerprint density at radius 3 is 2.73 bits per heavy atom. The average Bonchev–Trinajstić information content (AvgIpc) is 3.07. The molecule has 1 heterocycles. The fourth-order valence-electron chi connectivity index (χ4n) is 2.66. The quantitative estimate of drug-likeness (QED) is 0.496. The lowest BCUT2D eigenvalue weighted by atomic mass is 9.71. The highest BCUT2D eigenvalue weighted by atomic mass is 19.3. The maximum atomic E-state index is 12.8. The topological polar surface area (TPSA) is 78.5 Å². The number of alkyl halides is 2. The van der Waals surface area contributed by atoms with Crippen molar-refractivity contribution < 1.29 is 42.0 Å². The number of halogens is 3. The zero-order chi connectivity index (χ0) is 19.1. The number of hydrogen-bond acceptors (Lipinski definition) is 7. The first-order valence-electron chi connectivity index (χ1n) is 7.61. The fourth-order valence-corrected chi connectivity index (χ4v) is 2.66. The van der Waals surface area contributed by atoms with Crippen LogP contribution in [-0.4, -0.2) is 64.9 Å². The Bertz CT molecular complexity index is 625. The lowest BCUT2D eigenvalue weighted by Crippen LogP contribution is -2.46. The molecule has 0 aromatic heterocycles. The van der Waals surface area contributed by atoms with Crippen LogP contribution in [0.25, 0.3) is 0 Å². The summed E-state index contributed by atoms with van der Waals surface area (Å²) in [5.74, 6) is -1.74. The van der Waals surface area contributed by atoms with E-state index in [1.807, 2.05) is 4.81 Å². The van der Waals surface area contributed by atoms with E-state index >= 15 is 0 Å². The molecule has 144 valence electrons. The number of hydroxylamine groups is 1. The van der Waals surface area contributed by atoms with Gasteiger partial charge in [-0.25, -0.2) is 0 Å². The minimum atomic E-state index is -3.21. The molecule has 2 rings (SSSR count). The van der Waals surface area contributed by atoms with Crippen LogP contribution in [0.3, 0.4) is 0 Å². The van der Waals surface area contributed by atoms with Crippen molar-refractivity contribution in [3.8, 4) is 11.5 Å². The van der Waals surface area contributed by atoms with E-state index in [2.05, 4.69) is 9.78 Å². The molecule has 1 fully saturated rings. The Labute approximate surface area is 148 Å². The minimum absolute atomic E-state index is 0.102. The van der Waals surface area contributed by atoms with Crippen LogP contribution in [0, 0.1) is 0 Å². The van der Waals surface area contributed by atoms with Crippen molar-refractivity contribution in [2.45, 2.75) is 6.61 Å². The van der Waals surface area contributed by atoms with Gasteiger partial charge in [-0.3, -0.25) is 4.79 Å². The van der Waals surface area contributed by atoms with Gasteiger partial charge in [-0.2, -0.15) is 14.3 Å². The standard InChI is InChI=1S/C14H18BF3N2O6/c1-22-5-3-20-4-6-24-15(20)9-7-10(23-2)12(13(21)19-26-18)11(8-9)25-14(16)17/h7-8,14H,3-6H2,1-2H3,(H,19,21). The molecule has 0 aliphatic carbocycles. The van der Waals surface area contributed by atoms with E-state index in [-0.39, 0.29) is 5.75 Å². The molecule has 8 nitrogen and oxygen atoms in total. The van der Waals surface area contributed by atoms with Gasteiger partial charge < -0.3 is 23.7 Å². The molecule has 0 unspecified atom stereocenters. The second kappa shape index (κ2) is 9.62. The third kappa shape index (κ3) is 4.78. The number of amides is 1. The predicted molar refractivity (Wildman–Crippen MR) is 84.1 cm³/mol. The van der Waals surface area contributed by atoms with Crippen LogP contribution >= 0.6 is 0 Å². The number of carbonyl (C=O) groups is 1. The molecule has 1 aliphatic heterocycles. The summed E-state index contributed by atoms with van der Waals surface area (Å²) >= 11 is 0. The van der Waals surface area contributed by atoms with Gasteiger partial charge in [0.1, 0.15) is 17.1 Å². The van der Waals surface area contributed by atoms with Crippen LogP contribution in [0.4, 0.5) is 13.3 Å². The molecule has 1 aliphatic rings. The highest BCUT2D eigenvalue weighted by molar-refractivity contribution is 6.65. The van der Waals surface area contributed by atoms with Crippen molar-refractivity contribution in [1.82, 2.24) is 10.3 Å². The smallest absolute Gasteiger partial charge is 0.419 e. The van der Waals surface area contributed by atoms with Gasteiger partial charge in [-0.15, -0.1) is 0 Å². The highest BCUT2D eigenvalue weighted by Gasteiger charge is 2.35. The van der Waals surface area contributed by atoms with E-state index in [0.29, 0.717) is 31.8 Å². The Morgan fingerprint density at radius 2 is 2.12 bits per heavy atom. The van der Waals surface area contributed by atoms with E-state index in [1.165, 1.54) is 24.7 Å². The molecule has 0 saturated carbocycles. The lowest BCUT2D eigenvalue weighted by Gasteiger charge is -2.21. The second-order valence-corrected chi connectivity index (χ2v) is 5.24. The summed E-state index contributed by atoms with van der Waals surface area (Å²) in [6.07, 6.45) is 0. The number of ether oxygens (including phenoxy) is 3. The highest BCUT2D eigenvalue weighted by Crippen LogP contribution is 2.29. The van der Waals surface area contributed by atoms with E-state index < -0.39 is 30.9 Å². The number of nitrogens with zero attached hydrogens (tertiary/aromatic N) is 1. The molecule has 1 amide bonds. The Hall–Kier alpha value is -2.02. The molecule has 0 spiro atoms.